The lowest BCUT2D eigenvalue weighted by atomic mass is 10.1. The lowest BCUT2D eigenvalue weighted by Crippen LogP contribution is -2.38. The van der Waals surface area contributed by atoms with Gasteiger partial charge in [-0.3, -0.25) is 4.99 Å². The van der Waals surface area contributed by atoms with Crippen molar-refractivity contribution in [3.05, 3.63) is 35.1 Å². The lowest BCUT2D eigenvalue weighted by Gasteiger charge is -2.14. The molecule has 0 aromatic heterocycles. The van der Waals surface area contributed by atoms with E-state index in [2.05, 4.69) is 15.6 Å². The van der Waals surface area contributed by atoms with Crippen molar-refractivity contribution in [1.29, 1.82) is 0 Å². The first-order chi connectivity index (χ1) is 9.87. The minimum Gasteiger partial charge on any atom is -0.354 e. The van der Waals surface area contributed by atoms with E-state index in [1.165, 1.54) is 24.5 Å². The van der Waals surface area contributed by atoms with Crippen LogP contribution in [0.1, 0.15) is 24.0 Å². The fraction of sp³-hybridized carbons (Fsp3) is 0.500. The van der Waals surface area contributed by atoms with Crippen molar-refractivity contribution in [2.75, 3.05) is 13.3 Å². The van der Waals surface area contributed by atoms with Crippen LogP contribution in [0.5, 0.6) is 0 Å². The summed E-state index contributed by atoms with van der Waals surface area (Å²) in [6, 6.07) is 4.61. The Morgan fingerprint density at radius 3 is 2.67 bits per heavy atom. The first-order valence-corrected chi connectivity index (χ1v) is 8.85. The van der Waals surface area contributed by atoms with Crippen LogP contribution in [0.3, 0.4) is 0 Å². The van der Waals surface area contributed by atoms with Crippen LogP contribution in [-0.2, 0) is 22.1 Å². The van der Waals surface area contributed by atoms with E-state index in [-0.39, 0.29) is 11.6 Å². The third-order valence-electron chi connectivity index (χ3n) is 3.17. The highest BCUT2D eigenvalue weighted by Gasteiger charge is 2.22. The van der Waals surface area contributed by atoms with Gasteiger partial charge in [0.25, 0.3) is 0 Å². The van der Waals surface area contributed by atoms with E-state index in [1.807, 2.05) is 0 Å². The summed E-state index contributed by atoms with van der Waals surface area (Å²) in [6.07, 6.45) is 3.42. The van der Waals surface area contributed by atoms with Crippen LogP contribution in [0, 0.1) is 5.82 Å². The molecule has 116 valence electrons. The Bertz CT molecular complexity index is 640. The van der Waals surface area contributed by atoms with Crippen LogP contribution in [-0.4, -0.2) is 33.7 Å². The van der Waals surface area contributed by atoms with Crippen LogP contribution in [0.25, 0.3) is 0 Å². The molecule has 0 radical (unpaired) electrons. The van der Waals surface area contributed by atoms with E-state index in [4.69, 9.17) is 0 Å². The molecule has 1 aromatic carbocycles. The van der Waals surface area contributed by atoms with Gasteiger partial charge in [0.2, 0.25) is 0 Å². The summed E-state index contributed by atoms with van der Waals surface area (Å²) >= 11 is 0. The minimum atomic E-state index is -3.16. The van der Waals surface area contributed by atoms with Crippen molar-refractivity contribution in [3.63, 3.8) is 0 Å². The van der Waals surface area contributed by atoms with Gasteiger partial charge in [0.05, 0.1) is 5.75 Å². The molecule has 1 fully saturated rings. The molecule has 1 aliphatic carbocycles. The molecule has 5 nitrogen and oxygen atoms in total. The van der Waals surface area contributed by atoms with E-state index in [9.17, 15) is 12.8 Å². The Morgan fingerprint density at radius 2 is 2.10 bits per heavy atom. The van der Waals surface area contributed by atoms with Crippen molar-refractivity contribution in [2.24, 2.45) is 4.99 Å². The van der Waals surface area contributed by atoms with E-state index in [0.29, 0.717) is 29.7 Å². The number of sulfone groups is 1. The molecule has 0 heterocycles. The van der Waals surface area contributed by atoms with Gasteiger partial charge in [-0.2, -0.15) is 0 Å². The number of hydrogen-bond donors (Lipinski definition) is 2. The van der Waals surface area contributed by atoms with Crippen molar-refractivity contribution < 1.29 is 12.8 Å². The Balaban J connectivity index is 2.08. The van der Waals surface area contributed by atoms with Gasteiger partial charge < -0.3 is 10.6 Å². The van der Waals surface area contributed by atoms with Crippen LogP contribution in [0.2, 0.25) is 0 Å². The van der Waals surface area contributed by atoms with E-state index in [1.54, 1.807) is 7.05 Å². The third-order valence-corrected chi connectivity index (χ3v) is 4.01. The summed E-state index contributed by atoms with van der Waals surface area (Å²) < 4.78 is 36.3. The Kier molecular flexibility index (Phi) is 4.82. The van der Waals surface area contributed by atoms with Gasteiger partial charge in [0.15, 0.2) is 15.8 Å². The molecule has 0 spiro atoms. The molecule has 1 aliphatic rings. The normalized spacial score (nSPS) is 15.9. The van der Waals surface area contributed by atoms with Crippen molar-refractivity contribution in [2.45, 2.75) is 31.2 Å². The SMILES string of the molecule is CN=C(NCc1cc(F)ccc1CS(C)(=O)=O)NC1CC1. The van der Waals surface area contributed by atoms with Gasteiger partial charge in [-0.25, -0.2) is 12.8 Å². The highest BCUT2D eigenvalue weighted by Crippen LogP contribution is 2.18. The van der Waals surface area contributed by atoms with Gasteiger partial charge in [-0.05, 0) is 36.1 Å². The smallest absolute Gasteiger partial charge is 0.191 e. The summed E-state index contributed by atoms with van der Waals surface area (Å²) in [6.45, 7) is 0.328. The number of benzene rings is 1. The Hall–Kier alpha value is -1.63. The Labute approximate surface area is 124 Å². The number of nitrogens with zero attached hydrogens (tertiary/aromatic N) is 1. The fourth-order valence-corrected chi connectivity index (χ4v) is 2.82. The average molecular weight is 313 g/mol. The zero-order valence-corrected chi connectivity index (χ0v) is 13.0. The zero-order chi connectivity index (χ0) is 15.5. The molecule has 1 saturated carbocycles. The fourth-order valence-electron chi connectivity index (χ4n) is 1.98. The molecule has 0 unspecified atom stereocenters. The van der Waals surface area contributed by atoms with E-state index >= 15 is 0 Å². The summed E-state index contributed by atoms with van der Waals surface area (Å²) in [7, 11) is -1.49. The Morgan fingerprint density at radius 1 is 1.38 bits per heavy atom. The number of hydrogen-bond acceptors (Lipinski definition) is 3. The topological polar surface area (TPSA) is 70.6 Å². The van der Waals surface area contributed by atoms with Gasteiger partial charge in [0, 0.05) is 25.9 Å². The standard InChI is InChI=1S/C14H20FN3O2S/c1-16-14(18-13-5-6-13)17-8-11-7-12(15)4-3-10(11)9-21(2,19)20/h3-4,7,13H,5-6,8-9H2,1-2H3,(H2,16,17,18). The number of rotatable bonds is 5. The molecule has 1 aromatic rings. The molecule has 0 aliphatic heterocycles. The lowest BCUT2D eigenvalue weighted by molar-refractivity contribution is 0.599. The van der Waals surface area contributed by atoms with Crippen molar-refractivity contribution in [1.82, 2.24) is 10.6 Å². The quantitative estimate of drug-likeness (QED) is 0.633. The summed E-state index contributed by atoms with van der Waals surface area (Å²) in [5.41, 5.74) is 1.23. The highest BCUT2D eigenvalue weighted by molar-refractivity contribution is 7.89. The first kappa shape index (κ1) is 15.8. The van der Waals surface area contributed by atoms with Crippen LogP contribution < -0.4 is 10.6 Å². The van der Waals surface area contributed by atoms with Crippen LogP contribution in [0.15, 0.2) is 23.2 Å². The van der Waals surface area contributed by atoms with Crippen LogP contribution in [0.4, 0.5) is 4.39 Å². The molecular weight excluding hydrogens is 293 g/mol. The summed E-state index contributed by atoms with van der Waals surface area (Å²) in [4.78, 5) is 4.09. The van der Waals surface area contributed by atoms with Gasteiger partial charge in [0.1, 0.15) is 5.82 Å². The predicted molar refractivity (Wildman–Crippen MR) is 81.3 cm³/mol. The molecule has 2 rings (SSSR count). The predicted octanol–water partition coefficient (Wildman–Crippen LogP) is 1.20. The second-order valence-corrected chi connectivity index (χ2v) is 7.47. The minimum absolute atomic E-state index is 0.0983. The van der Waals surface area contributed by atoms with Gasteiger partial charge >= 0.3 is 0 Å². The maximum absolute atomic E-state index is 13.4. The largest absolute Gasteiger partial charge is 0.354 e. The number of nitrogens with one attached hydrogen (secondary N) is 2. The molecule has 2 N–H and O–H groups in total. The zero-order valence-electron chi connectivity index (χ0n) is 12.2. The first-order valence-electron chi connectivity index (χ1n) is 6.79. The maximum atomic E-state index is 13.4. The molecular formula is C14H20FN3O2S. The number of guanidine groups is 1. The second kappa shape index (κ2) is 6.43. The van der Waals surface area contributed by atoms with Crippen LogP contribution >= 0.6 is 0 Å². The van der Waals surface area contributed by atoms with Gasteiger partial charge in [-0.1, -0.05) is 6.07 Å². The monoisotopic (exact) mass is 313 g/mol. The third kappa shape index (κ3) is 5.34. The average Bonchev–Trinajstić information content (AvgIpc) is 3.19. The molecule has 0 bridgehead atoms. The molecule has 7 heteroatoms. The van der Waals surface area contributed by atoms with Gasteiger partial charge in [-0.15, -0.1) is 0 Å². The van der Waals surface area contributed by atoms with Crippen molar-refractivity contribution in [3.8, 4) is 0 Å². The van der Waals surface area contributed by atoms with E-state index < -0.39 is 9.84 Å². The number of halogens is 1. The number of aliphatic imine (C=N–C) groups is 1. The molecule has 0 atom stereocenters. The molecule has 21 heavy (non-hydrogen) atoms. The summed E-state index contributed by atoms with van der Waals surface area (Å²) in [5.74, 6) is 0.167. The van der Waals surface area contributed by atoms with Crippen molar-refractivity contribution >= 4 is 15.8 Å². The maximum Gasteiger partial charge on any atom is 0.191 e. The summed E-state index contributed by atoms with van der Waals surface area (Å²) in [5, 5.41) is 6.31. The molecule has 0 amide bonds. The second-order valence-electron chi connectivity index (χ2n) is 5.33. The highest BCUT2D eigenvalue weighted by atomic mass is 32.2. The molecule has 0 saturated heterocycles. The van der Waals surface area contributed by atoms with E-state index in [0.717, 1.165) is 12.8 Å².